The Morgan fingerprint density at radius 2 is 2.00 bits per heavy atom. The van der Waals surface area contributed by atoms with Crippen molar-refractivity contribution in [3.8, 4) is 0 Å². The predicted molar refractivity (Wildman–Crippen MR) is 94.5 cm³/mol. The van der Waals surface area contributed by atoms with Gasteiger partial charge >= 0.3 is 0 Å². The van der Waals surface area contributed by atoms with Crippen LogP contribution in [-0.2, 0) is 0 Å². The van der Waals surface area contributed by atoms with E-state index in [0.717, 1.165) is 13.0 Å². The maximum Gasteiger partial charge on any atom is 0.275 e. The van der Waals surface area contributed by atoms with Crippen LogP contribution >= 0.6 is 23.2 Å². The molecule has 0 spiro atoms. The number of hydrogen-bond acceptors (Lipinski definition) is 4. The second-order valence-electron chi connectivity index (χ2n) is 5.00. The van der Waals surface area contributed by atoms with Crippen LogP contribution in [0, 0.1) is 0 Å². The van der Waals surface area contributed by atoms with Gasteiger partial charge in [0.15, 0.2) is 0 Å². The lowest BCUT2D eigenvalue weighted by atomic mass is 10.2. The molecule has 0 aliphatic heterocycles. The van der Waals surface area contributed by atoms with Crippen molar-refractivity contribution in [2.24, 2.45) is 0 Å². The van der Waals surface area contributed by atoms with Crippen LogP contribution in [0.3, 0.4) is 0 Å². The third kappa shape index (κ3) is 5.37. The van der Waals surface area contributed by atoms with Gasteiger partial charge < -0.3 is 10.6 Å². The Morgan fingerprint density at radius 1 is 1.17 bits per heavy atom. The number of carbonyl (C=O) groups excluding carboxylic acids is 1. The van der Waals surface area contributed by atoms with Gasteiger partial charge in [-0.2, -0.15) is 0 Å². The fourth-order valence-corrected chi connectivity index (χ4v) is 2.24. The number of nitrogens with zero attached hydrogens (tertiary/aromatic N) is 2. The lowest BCUT2D eigenvalue weighted by Crippen LogP contribution is -2.15. The molecule has 0 atom stereocenters. The highest BCUT2D eigenvalue weighted by Crippen LogP contribution is 2.25. The fourth-order valence-electron chi connectivity index (χ4n) is 1.91. The lowest BCUT2D eigenvalue weighted by Gasteiger charge is -2.08. The molecule has 122 valence electrons. The maximum absolute atomic E-state index is 12.2. The van der Waals surface area contributed by atoms with Gasteiger partial charge in [0.2, 0.25) is 0 Å². The van der Waals surface area contributed by atoms with Crippen LogP contribution in [-0.4, -0.2) is 22.4 Å². The van der Waals surface area contributed by atoms with Gasteiger partial charge in [0, 0.05) is 11.6 Å². The van der Waals surface area contributed by atoms with Gasteiger partial charge in [-0.25, -0.2) is 9.97 Å². The molecule has 0 saturated heterocycles. The number of hydrogen-bond donors (Lipinski definition) is 2. The van der Waals surface area contributed by atoms with Crippen molar-refractivity contribution in [3.05, 3.63) is 46.3 Å². The molecular weight excluding hydrogens is 335 g/mol. The summed E-state index contributed by atoms with van der Waals surface area (Å²) in [4.78, 5) is 20.5. The van der Waals surface area contributed by atoms with Crippen molar-refractivity contribution < 1.29 is 4.79 Å². The molecule has 2 rings (SSSR count). The zero-order valence-corrected chi connectivity index (χ0v) is 14.3. The van der Waals surface area contributed by atoms with Gasteiger partial charge in [-0.3, -0.25) is 4.79 Å². The Kier molecular flexibility index (Phi) is 6.62. The summed E-state index contributed by atoms with van der Waals surface area (Å²) >= 11 is 11.9. The van der Waals surface area contributed by atoms with Crippen molar-refractivity contribution >= 4 is 40.6 Å². The first kappa shape index (κ1) is 17.5. The molecule has 1 aromatic heterocycles. The third-order valence-corrected chi connectivity index (χ3v) is 3.71. The largest absolute Gasteiger partial charge is 0.369 e. The van der Waals surface area contributed by atoms with Gasteiger partial charge in [-0.1, -0.05) is 43.0 Å². The van der Waals surface area contributed by atoms with Crippen LogP contribution in [0.15, 0.2) is 30.6 Å². The number of carbonyl (C=O) groups is 1. The fraction of sp³-hybridized carbons (Fsp3) is 0.312. The molecule has 2 N–H and O–H groups in total. The number of amides is 1. The molecule has 0 fully saturated rings. The topological polar surface area (TPSA) is 66.9 Å². The van der Waals surface area contributed by atoms with E-state index in [1.54, 1.807) is 24.4 Å². The number of unbranched alkanes of at least 4 members (excludes halogenated alkanes) is 2. The molecule has 0 aliphatic rings. The van der Waals surface area contributed by atoms with E-state index in [1.807, 2.05) is 0 Å². The summed E-state index contributed by atoms with van der Waals surface area (Å²) in [5.74, 6) is 0.262. The number of anilines is 2. The molecule has 1 heterocycles. The van der Waals surface area contributed by atoms with E-state index in [1.165, 1.54) is 19.0 Å². The molecule has 0 saturated carbocycles. The Morgan fingerprint density at radius 3 is 2.70 bits per heavy atom. The van der Waals surface area contributed by atoms with E-state index in [9.17, 15) is 4.79 Å². The van der Waals surface area contributed by atoms with Crippen LogP contribution < -0.4 is 10.6 Å². The highest BCUT2D eigenvalue weighted by Gasteiger charge is 2.11. The summed E-state index contributed by atoms with van der Waals surface area (Å²) in [7, 11) is 0. The second-order valence-corrected chi connectivity index (χ2v) is 5.84. The van der Waals surface area contributed by atoms with E-state index in [2.05, 4.69) is 27.5 Å². The van der Waals surface area contributed by atoms with Crippen LogP contribution in [0.5, 0.6) is 0 Å². The van der Waals surface area contributed by atoms with Gasteiger partial charge in [0.05, 0.1) is 23.1 Å². The zero-order chi connectivity index (χ0) is 16.7. The molecule has 0 aliphatic carbocycles. The number of aromatic nitrogens is 2. The van der Waals surface area contributed by atoms with Crippen LogP contribution in [0.1, 0.15) is 36.7 Å². The van der Waals surface area contributed by atoms with Crippen LogP contribution in [0.2, 0.25) is 10.0 Å². The molecule has 0 radical (unpaired) electrons. The maximum atomic E-state index is 12.2. The molecule has 5 nitrogen and oxygen atoms in total. The van der Waals surface area contributed by atoms with Gasteiger partial charge in [0.25, 0.3) is 5.91 Å². The van der Waals surface area contributed by atoms with Crippen LogP contribution in [0.25, 0.3) is 0 Å². The number of nitrogens with one attached hydrogen (secondary N) is 2. The first-order valence-electron chi connectivity index (χ1n) is 7.42. The lowest BCUT2D eigenvalue weighted by molar-refractivity contribution is 0.102. The van der Waals surface area contributed by atoms with Gasteiger partial charge in [-0.05, 0) is 24.6 Å². The number of halogens is 2. The van der Waals surface area contributed by atoms with Crippen LogP contribution in [0.4, 0.5) is 11.5 Å². The third-order valence-electron chi connectivity index (χ3n) is 3.15. The van der Waals surface area contributed by atoms with E-state index < -0.39 is 0 Å². The first-order valence-corrected chi connectivity index (χ1v) is 8.18. The quantitative estimate of drug-likeness (QED) is 0.712. The summed E-state index contributed by atoms with van der Waals surface area (Å²) in [5, 5.41) is 6.73. The molecule has 1 aromatic carbocycles. The summed E-state index contributed by atoms with van der Waals surface area (Å²) in [6.07, 6.45) is 6.38. The normalized spacial score (nSPS) is 10.4. The first-order chi connectivity index (χ1) is 11.1. The van der Waals surface area contributed by atoms with Gasteiger partial charge in [-0.15, -0.1) is 0 Å². The highest BCUT2D eigenvalue weighted by molar-refractivity contribution is 6.35. The Hall–Kier alpha value is -1.85. The Balaban J connectivity index is 1.96. The summed E-state index contributed by atoms with van der Waals surface area (Å²) in [5.41, 5.74) is 0.646. The minimum Gasteiger partial charge on any atom is -0.369 e. The van der Waals surface area contributed by atoms with Crippen molar-refractivity contribution in [1.29, 1.82) is 0 Å². The molecule has 0 unspecified atom stereocenters. The standard InChI is InChI=1S/C16H18Cl2N4O/c1-2-3-4-7-19-15-10-20-14(9-21-15)16(23)22-13-8-11(17)5-6-12(13)18/h5-6,8-10H,2-4,7H2,1H3,(H,19,21)(H,22,23). The average molecular weight is 353 g/mol. The SMILES string of the molecule is CCCCCNc1cnc(C(=O)Nc2cc(Cl)ccc2Cl)cn1. The second kappa shape index (κ2) is 8.70. The number of rotatable bonds is 7. The average Bonchev–Trinajstić information content (AvgIpc) is 2.55. The van der Waals surface area contributed by atoms with E-state index >= 15 is 0 Å². The van der Waals surface area contributed by atoms with E-state index in [4.69, 9.17) is 23.2 Å². The molecule has 2 aromatic rings. The van der Waals surface area contributed by atoms with Gasteiger partial charge in [0.1, 0.15) is 11.5 Å². The van der Waals surface area contributed by atoms with Crippen molar-refractivity contribution in [1.82, 2.24) is 9.97 Å². The summed E-state index contributed by atoms with van der Waals surface area (Å²) in [6, 6.07) is 4.85. The van der Waals surface area contributed by atoms with Crippen molar-refractivity contribution in [3.63, 3.8) is 0 Å². The summed E-state index contributed by atoms with van der Waals surface area (Å²) < 4.78 is 0. The minimum atomic E-state index is -0.390. The summed E-state index contributed by atoms with van der Waals surface area (Å²) in [6.45, 7) is 2.99. The molecule has 7 heteroatoms. The van der Waals surface area contributed by atoms with Crippen molar-refractivity contribution in [2.45, 2.75) is 26.2 Å². The molecule has 23 heavy (non-hydrogen) atoms. The van der Waals surface area contributed by atoms with Crippen molar-refractivity contribution in [2.75, 3.05) is 17.2 Å². The van der Waals surface area contributed by atoms with E-state index in [-0.39, 0.29) is 11.6 Å². The van der Waals surface area contributed by atoms with E-state index in [0.29, 0.717) is 21.6 Å². The zero-order valence-electron chi connectivity index (χ0n) is 12.8. The minimum absolute atomic E-state index is 0.208. The monoisotopic (exact) mass is 352 g/mol. The number of benzene rings is 1. The Labute approximate surface area is 145 Å². The predicted octanol–water partition coefficient (Wildman–Crippen LogP) is 4.64. The Bertz CT molecular complexity index is 662. The molecule has 1 amide bonds. The molecular formula is C16H18Cl2N4O. The highest BCUT2D eigenvalue weighted by atomic mass is 35.5. The smallest absolute Gasteiger partial charge is 0.275 e. The molecule has 0 bridgehead atoms.